The van der Waals surface area contributed by atoms with Gasteiger partial charge in [0.05, 0.1) is 0 Å². The average Bonchev–Trinajstić information content (AvgIpc) is 3.08. The summed E-state index contributed by atoms with van der Waals surface area (Å²) in [5.41, 5.74) is 1.32. The molecule has 0 radical (unpaired) electrons. The first-order chi connectivity index (χ1) is 9.31. The van der Waals surface area contributed by atoms with Gasteiger partial charge >= 0.3 is 0 Å². The Labute approximate surface area is 120 Å². The fourth-order valence-corrected chi connectivity index (χ4v) is 5.41. The second kappa shape index (κ2) is 4.79. The van der Waals surface area contributed by atoms with Gasteiger partial charge in [-0.2, -0.15) is 0 Å². The lowest BCUT2D eigenvalue weighted by atomic mass is 9.79. The molecule has 0 unspecified atom stereocenters. The van der Waals surface area contributed by atoms with Crippen LogP contribution >= 0.6 is 11.6 Å². The summed E-state index contributed by atoms with van der Waals surface area (Å²) in [6, 6.07) is 9.02. The summed E-state index contributed by atoms with van der Waals surface area (Å²) in [6.07, 6.45) is 7.44. The molecule has 19 heavy (non-hydrogen) atoms. The van der Waals surface area contributed by atoms with Crippen molar-refractivity contribution < 1.29 is 0 Å². The van der Waals surface area contributed by atoms with Gasteiger partial charge in [-0.1, -0.05) is 30.2 Å². The molecule has 5 atom stereocenters. The molecule has 3 aliphatic rings. The quantitative estimate of drug-likeness (QED) is 0.869. The number of halogens is 1. The van der Waals surface area contributed by atoms with Gasteiger partial charge in [-0.25, -0.2) is 0 Å². The molecular weight excluding hydrogens is 254 g/mol. The van der Waals surface area contributed by atoms with Crippen molar-refractivity contribution in [2.75, 3.05) is 0 Å². The Hall–Kier alpha value is -0.530. The first-order valence-electron chi connectivity index (χ1n) is 7.79. The molecule has 1 N–H and O–H groups in total. The zero-order chi connectivity index (χ0) is 12.8. The molecule has 0 amide bonds. The molecule has 0 spiro atoms. The largest absolute Gasteiger partial charge is 0.310 e. The van der Waals surface area contributed by atoms with E-state index in [0.29, 0.717) is 0 Å². The summed E-state index contributed by atoms with van der Waals surface area (Å²) in [5.74, 6) is 4.15. The van der Waals surface area contributed by atoms with Crippen LogP contribution in [-0.2, 0) is 6.54 Å². The van der Waals surface area contributed by atoms with E-state index in [1.165, 1.54) is 37.7 Å². The Kier molecular flexibility index (Phi) is 3.08. The molecule has 3 saturated carbocycles. The Morgan fingerprint density at radius 1 is 1.11 bits per heavy atom. The first kappa shape index (κ1) is 12.2. The minimum atomic E-state index is 0.767. The molecule has 1 nitrogen and oxygen atoms in total. The molecule has 3 fully saturated rings. The van der Waals surface area contributed by atoms with E-state index in [9.17, 15) is 0 Å². The van der Waals surface area contributed by atoms with Crippen LogP contribution in [0.15, 0.2) is 24.3 Å². The third kappa shape index (κ3) is 2.11. The van der Waals surface area contributed by atoms with Gasteiger partial charge in [0.25, 0.3) is 0 Å². The Balaban J connectivity index is 1.40. The highest BCUT2D eigenvalue weighted by atomic mass is 35.5. The van der Waals surface area contributed by atoms with Crippen molar-refractivity contribution in [2.24, 2.45) is 23.7 Å². The molecule has 3 aliphatic carbocycles. The highest BCUT2D eigenvalue weighted by molar-refractivity contribution is 6.30. The van der Waals surface area contributed by atoms with Gasteiger partial charge in [0.1, 0.15) is 0 Å². The zero-order valence-corrected chi connectivity index (χ0v) is 12.1. The van der Waals surface area contributed by atoms with Crippen molar-refractivity contribution in [3.8, 4) is 0 Å². The first-order valence-corrected chi connectivity index (χ1v) is 8.17. The zero-order valence-electron chi connectivity index (χ0n) is 11.3. The van der Waals surface area contributed by atoms with Crippen LogP contribution in [0.25, 0.3) is 0 Å². The Bertz CT molecular complexity index is 472. The standard InChI is InChI=1S/C17H22ClN/c18-13-4-1-3-11(7-13)10-19-17-9-12-8-16(17)15-6-2-5-14(12)15/h1,3-4,7,12,14-17,19H,2,5-6,8-10H2/t12-,14-,15+,16+,17+/m1/s1. The van der Waals surface area contributed by atoms with Crippen molar-refractivity contribution >= 4 is 11.6 Å². The Morgan fingerprint density at radius 3 is 2.89 bits per heavy atom. The molecule has 2 heteroatoms. The Morgan fingerprint density at radius 2 is 2.00 bits per heavy atom. The smallest absolute Gasteiger partial charge is 0.0409 e. The maximum absolute atomic E-state index is 6.05. The van der Waals surface area contributed by atoms with Crippen molar-refractivity contribution in [1.29, 1.82) is 0 Å². The van der Waals surface area contributed by atoms with Crippen LogP contribution in [0.2, 0.25) is 5.02 Å². The maximum Gasteiger partial charge on any atom is 0.0409 e. The van der Waals surface area contributed by atoms with Gasteiger partial charge in [0.2, 0.25) is 0 Å². The van der Waals surface area contributed by atoms with E-state index in [2.05, 4.69) is 17.4 Å². The lowest BCUT2D eigenvalue weighted by Gasteiger charge is -2.32. The van der Waals surface area contributed by atoms with Crippen molar-refractivity contribution in [2.45, 2.75) is 44.7 Å². The monoisotopic (exact) mass is 275 g/mol. The van der Waals surface area contributed by atoms with Gasteiger partial charge < -0.3 is 5.32 Å². The number of fused-ring (bicyclic) bond motifs is 5. The molecular formula is C17H22ClN. The average molecular weight is 276 g/mol. The van der Waals surface area contributed by atoms with Crippen LogP contribution in [0.3, 0.4) is 0 Å². The van der Waals surface area contributed by atoms with E-state index in [4.69, 9.17) is 11.6 Å². The van der Waals surface area contributed by atoms with Gasteiger partial charge in [0, 0.05) is 17.6 Å². The SMILES string of the molecule is Clc1cccc(CN[C@H]2C[C@H]3C[C@H]2[C@H]2CCC[C@H]32)c1. The van der Waals surface area contributed by atoms with Crippen LogP contribution in [0.1, 0.15) is 37.7 Å². The summed E-state index contributed by atoms with van der Waals surface area (Å²) in [5, 5.41) is 4.66. The molecule has 0 aliphatic heterocycles. The highest BCUT2D eigenvalue weighted by Crippen LogP contribution is 2.58. The van der Waals surface area contributed by atoms with E-state index < -0.39 is 0 Å². The lowest BCUT2D eigenvalue weighted by Crippen LogP contribution is -2.38. The number of hydrogen-bond acceptors (Lipinski definition) is 1. The third-order valence-corrected chi connectivity index (χ3v) is 6.12. The van der Waals surface area contributed by atoms with E-state index in [-0.39, 0.29) is 0 Å². The highest BCUT2D eigenvalue weighted by Gasteiger charge is 2.53. The van der Waals surface area contributed by atoms with E-state index in [1.54, 1.807) is 0 Å². The minimum Gasteiger partial charge on any atom is -0.310 e. The fraction of sp³-hybridized carbons (Fsp3) is 0.647. The number of rotatable bonds is 3. The lowest BCUT2D eigenvalue weighted by molar-refractivity contribution is 0.208. The van der Waals surface area contributed by atoms with Crippen LogP contribution in [-0.4, -0.2) is 6.04 Å². The molecule has 0 saturated heterocycles. The molecule has 1 aromatic carbocycles. The molecule has 1 aromatic rings. The number of nitrogens with one attached hydrogen (secondary N) is 1. The van der Waals surface area contributed by atoms with Gasteiger partial charge in [0.15, 0.2) is 0 Å². The van der Waals surface area contributed by atoms with E-state index in [0.717, 1.165) is 41.3 Å². The summed E-state index contributed by atoms with van der Waals surface area (Å²) in [6.45, 7) is 0.978. The normalized spacial score (nSPS) is 39.7. The fourth-order valence-electron chi connectivity index (χ4n) is 5.20. The molecule has 2 bridgehead atoms. The van der Waals surface area contributed by atoms with Crippen LogP contribution < -0.4 is 5.32 Å². The summed E-state index contributed by atoms with van der Waals surface area (Å²) in [4.78, 5) is 0. The van der Waals surface area contributed by atoms with Gasteiger partial charge in [-0.15, -0.1) is 0 Å². The molecule has 0 aromatic heterocycles. The van der Waals surface area contributed by atoms with Crippen LogP contribution in [0, 0.1) is 23.7 Å². The molecule has 4 rings (SSSR count). The molecule has 0 heterocycles. The topological polar surface area (TPSA) is 12.0 Å². The predicted molar refractivity (Wildman–Crippen MR) is 79.1 cm³/mol. The van der Waals surface area contributed by atoms with Crippen molar-refractivity contribution in [1.82, 2.24) is 5.32 Å². The number of benzene rings is 1. The summed E-state index contributed by atoms with van der Waals surface area (Å²) < 4.78 is 0. The van der Waals surface area contributed by atoms with E-state index in [1.807, 2.05) is 12.1 Å². The van der Waals surface area contributed by atoms with E-state index >= 15 is 0 Å². The van der Waals surface area contributed by atoms with Crippen molar-refractivity contribution in [3.05, 3.63) is 34.9 Å². The number of hydrogen-bond donors (Lipinski definition) is 1. The van der Waals surface area contributed by atoms with Gasteiger partial charge in [-0.05, 0) is 67.1 Å². The van der Waals surface area contributed by atoms with Gasteiger partial charge in [-0.3, -0.25) is 0 Å². The van der Waals surface area contributed by atoms with Crippen LogP contribution in [0.5, 0.6) is 0 Å². The third-order valence-electron chi connectivity index (χ3n) is 5.89. The second-order valence-corrected chi connectivity index (χ2v) is 7.21. The van der Waals surface area contributed by atoms with Crippen LogP contribution in [0.4, 0.5) is 0 Å². The predicted octanol–water partition coefficient (Wildman–Crippen LogP) is 4.25. The molecule has 102 valence electrons. The summed E-state index contributed by atoms with van der Waals surface area (Å²) in [7, 11) is 0. The van der Waals surface area contributed by atoms with Crippen molar-refractivity contribution in [3.63, 3.8) is 0 Å². The minimum absolute atomic E-state index is 0.767. The maximum atomic E-state index is 6.05. The second-order valence-electron chi connectivity index (χ2n) is 6.77. The summed E-state index contributed by atoms with van der Waals surface area (Å²) >= 11 is 6.05.